The summed E-state index contributed by atoms with van der Waals surface area (Å²) in [6.07, 6.45) is -0.299. The first-order valence-corrected chi connectivity index (χ1v) is 6.11. The molecule has 1 amide bonds. The minimum atomic E-state index is -2.96. The summed E-state index contributed by atoms with van der Waals surface area (Å²) >= 11 is 5.76. The minimum absolute atomic E-state index is 0.0229. The summed E-state index contributed by atoms with van der Waals surface area (Å²) in [6.45, 7) is -2.74. The maximum atomic E-state index is 12.1. The molecule has 1 aromatic carbocycles. The summed E-state index contributed by atoms with van der Waals surface area (Å²) < 4.78 is 33.3. The van der Waals surface area contributed by atoms with Crippen molar-refractivity contribution in [3.63, 3.8) is 0 Å². The highest BCUT2D eigenvalue weighted by Crippen LogP contribution is 2.28. The molecule has 1 rings (SSSR count). The molecule has 0 aliphatic heterocycles. The molecule has 20 heavy (non-hydrogen) atoms. The lowest BCUT2D eigenvalue weighted by molar-refractivity contribution is -0.118. The zero-order chi connectivity index (χ0) is 15.1. The number of rotatable bonds is 7. The van der Waals surface area contributed by atoms with Crippen molar-refractivity contribution in [2.45, 2.75) is 19.1 Å². The van der Waals surface area contributed by atoms with Crippen molar-refractivity contribution in [1.82, 2.24) is 0 Å². The number of methoxy groups -OCH3 is 1. The van der Waals surface area contributed by atoms with Gasteiger partial charge in [0, 0.05) is 19.3 Å². The highest BCUT2D eigenvalue weighted by Gasteiger charge is 2.13. The van der Waals surface area contributed by atoms with Gasteiger partial charge >= 0.3 is 6.61 Å². The predicted octanol–water partition coefficient (Wildman–Crippen LogP) is 2.24. The summed E-state index contributed by atoms with van der Waals surface area (Å²) in [4.78, 5) is 11.7. The van der Waals surface area contributed by atoms with Crippen LogP contribution in [0.1, 0.15) is 6.42 Å². The SMILES string of the molecule is COC(CN)CC(=O)Nc1ccc(OC(F)F)c(Cl)c1. The predicted molar refractivity (Wildman–Crippen MR) is 71.2 cm³/mol. The monoisotopic (exact) mass is 308 g/mol. The lowest BCUT2D eigenvalue weighted by Crippen LogP contribution is -2.28. The number of amides is 1. The van der Waals surface area contributed by atoms with Gasteiger partial charge in [-0.25, -0.2) is 0 Å². The fraction of sp³-hybridized carbons (Fsp3) is 0.417. The molecule has 0 aromatic heterocycles. The molecule has 112 valence electrons. The van der Waals surface area contributed by atoms with Gasteiger partial charge in [-0.05, 0) is 18.2 Å². The molecule has 1 unspecified atom stereocenters. The van der Waals surface area contributed by atoms with Gasteiger partial charge < -0.3 is 20.5 Å². The van der Waals surface area contributed by atoms with Crippen LogP contribution in [0.15, 0.2) is 18.2 Å². The Labute approximate surface area is 120 Å². The molecule has 0 radical (unpaired) electrons. The molecule has 0 aliphatic carbocycles. The van der Waals surface area contributed by atoms with Gasteiger partial charge in [0.15, 0.2) is 0 Å². The molecule has 0 fully saturated rings. The first-order valence-electron chi connectivity index (χ1n) is 5.73. The Kier molecular flexibility index (Phi) is 6.63. The van der Waals surface area contributed by atoms with Crippen molar-refractivity contribution in [2.75, 3.05) is 19.0 Å². The highest BCUT2D eigenvalue weighted by atomic mass is 35.5. The molecule has 1 atom stereocenters. The van der Waals surface area contributed by atoms with Gasteiger partial charge in [0.25, 0.3) is 0 Å². The minimum Gasteiger partial charge on any atom is -0.433 e. The number of hydrogen-bond acceptors (Lipinski definition) is 4. The van der Waals surface area contributed by atoms with Gasteiger partial charge in [-0.15, -0.1) is 0 Å². The van der Waals surface area contributed by atoms with Crippen LogP contribution in [-0.4, -0.2) is 32.3 Å². The molecule has 5 nitrogen and oxygen atoms in total. The third kappa shape index (κ3) is 5.28. The first-order chi connectivity index (χ1) is 9.46. The number of nitrogens with two attached hydrogens (primary N) is 1. The van der Waals surface area contributed by atoms with E-state index in [1.807, 2.05) is 0 Å². The van der Waals surface area contributed by atoms with E-state index in [-0.39, 0.29) is 35.7 Å². The van der Waals surface area contributed by atoms with E-state index in [9.17, 15) is 13.6 Å². The zero-order valence-corrected chi connectivity index (χ0v) is 11.5. The second-order valence-electron chi connectivity index (χ2n) is 3.87. The lowest BCUT2D eigenvalue weighted by atomic mass is 10.2. The van der Waals surface area contributed by atoms with Gasteiger partial charge in [0.2, 0.25) is 5.91 Å². The van der Waals surface area contributed by atoms with Gasteiger partial charge in [-0.1, -0.05) is 11.6 Å². The molecule has 0 bridgehead atoms. The topological polar surface area (TPSA) is 73.6 Å². The van der Waals surface area contributed by atoms with Gasteiger partial charge in [-0.3, -0.25) is 4.79 Å². The van der Waals surface area contributed by atoms with E-state index in [0.29, 0.717) is 5.69 Å². The molecule has 3 N–H and O–H groups in total. The number of alkyl halides is 2. The number of ether oxygens (including phenoxy) is 2. The summed E-state index contributed by atoms with van der Waals surface area (Å²) in [7, 11) is 1.46. The van der Waals surface area contributed by atoms with E-state index in [1.165, 1.54) is 25.3 Å². The van der Waals surface area contributed by atoms with E-state index in [1.54, 1.807) is 0 Å². The van der Waals surface area contributed by atoms with Crippen molar-refractivity contribution in [1.29, 1.82) is 0 Å². The number of carbonyl (C=O) groups excluding carboxylic acids is 1. The molecule has 8 heteroatoms. The average molecular weight is 309 g/mol. The number of carbonyl (C=O) groups is 1. The van der Waals surface area contributed by atoms with Crippen LogP contribution in [0.4, 0.5) is 14.5 Å². The second kappa shape index (κ2) is 7.98. The van der Waals surface area contributed by atoms with Crippen LogP contribution < -0.4 is 15.8 Å². The third-order valence-electron chi connectivity index (χ3n) is 2.44. The average Bonchev–Trinajstić information content (AvgIpc) is 2.38. The molecule has 0 saturated heterocycles. The van der Waals surface area contributed by atoms with Crippen molar-refractivity contribution < 1.29 is 23.0 Å². The van der Waals surface area contributed by atoms with Crippen LogP contribution in [0.25, 0.3) is 0 Å². The molecule has 0 heterocycles. The maximum absolute atomic E-state index is 12.1. The Hall–Kier alpha value is -1.44. The molecule has 0 spiro atoms. The van der Waals surface area contributed by atoms with Gasteiger partial charge in [0.1, 0.15) is 5.75 Å². The largest absolute Gasteiger partial charge is 0.433 e. The number of nitrogens with one attached hydrogen (secondary N) is 1. The Morgan fingerprint density at radius 1 is 1.50 bits per heavy atom. The van der Waals surface area contributed by atoms with Gasteiger partial charge in [-0.2, -0.15) is 8.78 Å². The van der Waals surface area contributed by atoms with Gasteiger partial charge in [0.05, 0.1) is 17.5 Å². The van der Waals surface area contributed by atoms with E-state index < -0.39 is 6.61 Å². The summed E-state index contributed by atoms with van der Waals surface area (Å²) in [6, 6.07) is 3.98. The Morgan fingerprint density at radius 2 is 2.20 bits per heavy atom. The van der Waals surface area contributed by atoms with Crippen LogP contribution in [0.5, 0.6) is 5.75 Å². The van der Waals surface area contributed by atoms with Crippen LogP contribution >= 0.6 is 11.6 Å². The smallest absolute Gasteiger partial charge is 0.387 e. The Bertz CT molecular complexity index is 456. The number of hydrogen-bond donors (Lipinski definition) is 2. The Morgan fingerprint density at radius 3 is 2.70 bits per heavy atom. The van der Waals surface area contributed by atoms with Crippen LogP contribution in [-0.2, 0) is 9.53 Å². The van der Waals surface area contributed by atoms with Crippen molar-refractivity contribution in [2.24, 2.45) is 5.73 Å². The van der Waals surface area contributed by atoms with Crippen molar-refractivity contribution >= 4 is 23.2 Å². The fourth-order valence-corrected chi connectivity index (χ4v) is 1.68. The molecular formula is C12H15ClF2N2O3. The summed E-state index contributed by atoms with van der Waals surface area (Å²) in [5.74, 6) is -0.475. The van der Waals surface area contributed by atoms with Crippen molar-refractivity contribution in [3.05, 3.63) is 23.2 Å². The standard InChI is InChI=1S/C12H15ClF2N2O3/c1-19-8(6-16)5-11(18)17-7-2-3-10(9(13)4-7)20-12(14)15/h2-4,8,12H,5-6,16H2,1H3,(H,17,18). The number of benzene rings is 1. The Balaban J connectivity index is 2.64. The van der Waals surface area contributed by atoms with E-state index in [0.717, 1.165) is 0 Å². The zero-order valence-electron chi connectivity index (χ0n) is 10.7. The first kappa shape index (κ1) is 16.6. The maximum Gasteiger partial charge on any atom is 0.387 e. The summed E-state index contributed by atoms with van der Waals surface area (Å²) in [5.41, 5.74) is 5.77. The number of halogens is 3. The van der Waals surface area contributed by atoms with Crippen LogP contribution in [0.2, 0.25) is 5.02 Å². The van der Waals surface area contributed by atoms with E-state index in [2.05, 4.69) is 10.1 Å². The molecule has 0 aliphatic rings. The fourth-order valence-electron chi connectivity index (χ4n) is 1.45. The van der Waals surface area contributed by atoms with E-state index in [4.69, 9.17) is 22.1 Å². The highest BCUT2D eigenvalue weighted by molar-refractivity contribution is 6.32. The normalized spacial score (nSPS) is 12.3. The van der Waals surface area contributed by atoms with Crippen LogP contribution in [0.3, 0.4) is 0 Å². The summed E-state index contributed by atoms with van der Waals surface area (Å²) in [5, 5.41) is 2.54. The molecule has 0 saturated carbocycles. The molecule has 1 aromatic rings. The number of anilines is 1. The quantitative estimate of drug-likeness (QED) is 0.810. The lowest BCUT2D eigenvalue weighted by Gasteiger charge is -2.13. The van der Waals surface area contributed by atoms with Crippen LogP contribution in [0, 0.1) is 0 Å². The van der Waals surface area contributed by atoms with E-state index >= 15 is 0 Å². The second-order valence-corrected chi connectivity index (χ2v) is 4.28. The van der Waals surface area contributed by atoms with Crippen molar-refractivity contribution in [3.8, 4) is 5.75 Å². The molecular weight excluding hydrogens is 294 g/mol. The third-order valence-corrected chi connectivity index (χ3v) is 2.74.